The summed E-state index contributed by atoms with van der Waals surface area (Å²) < 4.78 is 0. The molecule has 0 aromatic carbocycles. The first kappa shape index (κ1) is 11.6. The summed E-state index contributed by atoms with van der Waals surface area (Å²) in [6.07, 6.45) is 6.79. The largest absolute Gasteiger partial charge is 0.480 e. The van der Waals surface area contributed by atoms with E-state index in [0.717, 1.165) is 6.42 Å². The Hall–Kier alpha value is -1.50. The van der Waals surface area contributed by atoms with Crippen LogP contribution in [0.3, 0.4) is 0 Å². The normalized spacial score (nSPS) is 18.5. The summed E-state index contributed by atoms with van der Waals surface area (Å²) in [5.41, 5.74) is -2.04. The van der Waals surface area contributed by atoms with Gasteiger partial charge in [-0.05, 0) is 26.7 Å². The van der Waals surface area contributed by atoms with Crippen LogP contribution in [0, 0.1) is 17.8 Å². The molecule has 0 saturated heterocycles. The fourth-order valence-electron chi connectivity index (χ4n) is 1.51. The summed E-state index contributed by atoms with van der Waals surface area (Å²) in [5, 5.41) is 11.6. The Morgan fingerprint density at radius 2 is 2.00 bits per heavy atom. The quantitative estimate of drug-likeness (QED) is 0.533. The Balaban J connectivity index is 2.77. The lowest BCUT2D eigenvalue weighted by molar-refractivity contribution is -0.162. The molecule has 4 heteroatoms. The van der Waals surface area contributed by atoms with Crippen molar-refractivity contribution in [3.05, 3.63) is 0 Å². The molecule has 0 bridgehead atoms. The summed E-state index contributed by atoms with van der Waals surface area (Å²) in [4.78, 5) is 22.8. The van der Waals surface area contributed by atoms with Crippen molar-refractivity contribution in [2.24, 2.45) is 5.41 Å². The minimum atomic E-state index is -1.24. The van der Waals surface area contributed by atoms with Gasteiger partial charge in [0, 0.05) is 0 Å². The molecule has 0 unspecified atom stereocenters. The lowest BCUT2D eigenvalue weighted by atomic mass is 9.68. The van der Waals surface area contributed by atoms with Crippen LogP contribution >= 0.6 is 0 Å². The summed E-state index contributed by atoms with van der Waals surface area (Å²) >= 11 is 0. The lowest BCUT2D eigenvalue weighted by Gasteiger charge is -2.37. The molecule has 0 heterocycles. The van der Waals surface area contributed by atoms with Crippen LogP contribution < -0.4 is 5.32 Å². The first-order valence-corrected chi connectivity index (χ1v) is 4.88. The van der Waals surface area contributed by atoms with Crippen molar-refractivity contribution in [1.29, 1.82) is 0 Å². The molecule has 0 spiro atoms. The minimum absolute atomic E-state index is 0.398. The molecule has 0 atom stereocenters. The summed E-state index contributed by atoms with van der Waals surface area (Å²) in [5.74, 6) is 0.882. The molecule has 82 valence electrons. The first-order valence-electron chi connectivity index (χ1n) is 4.88. The molecule has 0 aromatic heterocycles. The Morgan fingerprint density at radius 1 is 1.47 bits per heavy atom. The zero-order chi connectivity index (χ0) is 11.7. The van der Waals surface area contributed by atoms with Gasteiger partial charge in [-0.3, -0.25) is 9.59 Å². The standard InChI is InChI=1S/C11H15NO3/c1-4-10(2,3)12-8(13)11(9(14)15)6-5-7-11/h1H,5-7H2,2-3H3,(H,12,13)(H,14,15). The van der Waals surface area contributed by atoms with Gasteiger partial charge >= 0.3 is 5.97 Å². The smallest absolute Gasteiger partial charge is 0.319 e. The molecule has 1 amide bonds. The molecule has 1 aliphatic rings. The number of terminal acetylenes is 1. The Bertz CT molecular complexity index is 334. The average Bonchev–Trinajstić information content (AvgIpc) is 2.00. The van der Waals surface area contributed by atoms with Gasteiger partial charge in [-0.25, -0.2) is 0 Å². The molecule has 0 aliphatic heterocycles. The van der Waals surface area contributed by atoms with Gasteiger partial charge in [-0.2, -0.15) is 0 Å². The maximum absolute atomic E-state index is 11.8. The number of rotatable bonds is 3. The van der Waals surface area contributed by atoms with Gasteiger partial charge in [0.15, 0.2) is 0 Å². The third-order valence-electron chi connectivity index (χ3n) is 2.84. The van der Waals surface area contributed by atoms with E-state index in [1.54, 1.807) is 13.8 Å². The van der Waals surface area contributed by atoms with E-state index < -0.39 is 22.8 Å². The average molecular weight is 209 g/mol. The van der Waals surface area contributed by atoms with E-state index in [9.17, 15) is 9.59 Å². The summed E-state index contributed by atoms with van der Waals surface area (Å²) in [7, 11) is 0. The van der Waals surface area contributed by atoms with E-state index in [2.05, 4.69) is 11.2 Å². The lowest BCUT2D eigenvalue weighted by Crippen LogP contribution is -2.56. The van der Waals surface area contributed by atoms with Crippen LogP contribution in [-0.2, 0) is 9.59 Å². The van der Waals surface area contributed by atoms with Crippen LogP contribution in [0.25, 0.3) is 0 Å². The Kier molecular flexibility index (Phi) is 2.76. The van der Waals surface area contributed by atoms with E-state index >= 15 is 0 Å². The second-order valence-corrected chi connectivity index (χ2v) is 4.46. The molecule has 1 saturated carbocycles. The van der Waals surface area contributed by atoms with Crippen molar-refractivity contribution in [1.82, 2.24) is 5.32 Å². The highest BCUT2D eigenvalue weighted by Crippen LogP contribution is 2.41. The van der Waals surface area contributed by atoms with Crippen LogP contribution in [0.15, 0.2) is 0 Å². The molecular formula is C11H15NO3. The number of aliphatic carboxylic acids is 1. The fraction of sp³-hybridized carbons (Fsp3) is 0.636. The molecule has 4 nitrogen and oxygen atoms in total. The van der Waals surface area contributed by atoms with Gasteiger partial charge in [0.1, 0.15) is 5.41 Å². The zero-order valence-corrected chi connectivity index (χ0v) is 8.96. The molecule has 1 aliphatic carbocycles. The number of carbonyl (C=O) groups excluding carboxylic acids is 1. The van der Waals surface area contributed by atoms with E-state index in [4.69, 9.17) is 11.5 Å². The van der Waals surface area contributed by atoms with Crippen molar-refractivity contribution in [2.75, 3.05) is 0 Å². The molecule has 2 N–H and O–H groups in total. The fourth-order valence-corrected chi connectivity index (χ4v) is 1.51. The summed E-state index contributed by atoms with van der Waals surface area (Å²) in [6.45, 7) is 3.33. The van der Waals surface area contributed by atoms with Gasteiger partial charge in [0.25, 0.3) is 0 Å². The third kappa shape index (κ3) is 1.96. The van der Waals surface area contributed by atoms with Crippen molar-refractivity contribution >= 4 is 11.9 Å². The maximum atomic E-state index is 11.8. The molecule has 0 aromatic rings. The number of carboxylic acid groups (broad SMARTS) is 1. The van der Waals surface area contributed by atoms with Crippen molar-refractivity contribution in [3.8, 4) is 12.3 Å². The van der Waals surface area contributed by atoms with Crippen LogP contribution in [0.5, 0.6) is 0 Å². The minimum Gasteiger partial charge on any atom is -0.480 e. The Morgan fingerprint density at radius 3 is 2.27 bits per heavy atom. The van der Waals surface area contributed by atoms with Gasteiger partial charge in [0.2, 0.25) is 5.91 Å². The topological polar surface area (TPSA) is 66.4 Å². The zero-order valence-electron chi connectivity index (χ0n) is 8.96. The monoisotopic (exact) mass is 209 g/mol. The Labute approximate surface area is 89.0 Å². The predicted molar refractivity (Wildman–Crippen MR) is 55.0 cm³/mol. The van der Waals surface area contributed by atoms with Gasteiger partial charge in [-0.1, -0.05) is 12.3 Å². The van der Waals surface area contributed by atoms with Crippen LogP contribution in [0.2, 0.25) is 0 Å². The maximum Gasteiger partial charge on any atom is 0.319 e. The SMILES string of the molecule is C#CC(C)(C)NC(=O)C1(C(=O)O)CCC1. The number of hydrogen-bond acceptors (Lipinski definition) is 2. The number of carboxylic acids is 1. The number of nitrogens with one attached hydrogen (secondary N) is 1. The molecule has 1 rings (SSSR count). The van der Waals surface area contributed by atoms with Crippen LogP contribution in [-0.4, -0.2) is 22.5 Å². The van der Waals surface area contributed by atoms with Gasteiger partial charge in [-0.15, -0.1) is 6.42 Å². The highest BCUT2D eigenvalue weighted by atomic mass is 16.4. The molecule has 1 fully saturated rings. The first-order chi connectivity index (χ1) is 6.84. The number of hydrogen-bond donors (Lipinski definition) is 2. The number of carbonyl (C=O) groups is 2. The van der Waals surface area contributed by atoms with E-state index in [1.165, 1.54) is 0 Å². The second-order valence-electron chi connectivity index (χ2n) is 4.46. The highest BCUT2D eigenvalue weighted by Gasteiger charge is 2.51. The van der Waals surface area contributed by atoms with E-state index in [1.807, 2.05) is 0 Å². The van der Waals surface area contributed by atoms with Crippen molar-refractivity contribution < 1.29 is 14.7 Å². The summed E-state index contributed by atoms with van der Waals surface area (Å²) in [6, 6.07) is 0. The molecule has 15 heavy (non-hydrogen) atoms. The predicted octanol–water partition coefficient (Wildman–Crippen LogP) is 0.769. The molecule has 0 radical (unpaired) electrons. The van der Waals surface area contributed by atoms with Gasteiger partial charge in [0.05, 0.1) is 5.54 Å². The molecular weight excluding hydrogens is 194 g/mol. The second kappa shape index (κ2) is 3.58. The third-order valence-corrected chi connectivity index (χ3v) is 2.84. The number of amides is 1. The van der Waals surface area contributed by atoms with E-state index in [0.29, 0.717) is 12.8 Å². The van der Waals surface area contributed by atoms with Crippen molar-refractivity contribution in [3.63, 3.8) is 0 Å². The van der Waals surface area contributed by atoms with Crippen LogP contribution in [0.1, 0.15) is 33.1 Å². The highest BCUT2D eigenvalue weighted by molar-refractivity contribution is 6.03. The van der Waals surface area contributed by atoms with Crippen LogP contribution in [0.4, 0.5) is 0 Å². The van der Waals surface area contributed by atoms with Crippen molar-refractivity contribution in [2.45, 2.75) is 38.6 Å². The van der Waals surface area contributed by atoms with Gasteiger partial charge < -0.3 is 10.4 Å². The van der Waals surface area contributed by atoms with E-state index in [-0.39, 0.29) is 0 Å².